The molecule has 1 aliphatic heterocycles. The van der Waals surface area contributed by atoms with E-state index < -0.39 is 11.9 Å². The molecule has 0 saturated carbocycles. The highest BCUT2D eigenvalue weighted by Crippen LogP contribution is 2.30. The maximum atomic E-state index is 12.1. The van der Waals surface area contributed by atoms with Gasteiger partial charge in [-0.05, 0) is 42.0 Å². The number of halogens is 2. The number of carbonyl (C=O) groups is 2. The van der Waals surface area contributed by atoms with Crippen LogP contribution in [0.3, 0.4) is 0 Å². The Balaban J connectivity index is 1.93. The van der Waals surface area contributed by atoms with Crippen LogP contribution < -0.4 is 9.47 Å². The standard InChI is InChI=1S/C19H13Cl2NO5/c1-10(23)26-16-6-3-11(8-17(16)25-2)7-15-19(24)27-18(22-15)13-5-4-12(20)9-14(13)21/h3-9H,1-2H3/b15-7-. The highest BCUT2D eigenvalue weighted by atomic mass is 35.5. The topological polar surface area (TPSA) is 74.2 Å². The number of hydrogen-bond acceptors (Lipinski definition) is 6. The fraction of sp³-hybridized carbons (Fsp3) is 0.105. The maximum Gasteiger partial charge on any atom is 0.363 e. The summed E-state index contributed by atoms with van der Waals surface area (Å²) < 4.78 is 15.5. The van der Waals surface area contributed by atoms with Gasteiger partial charge in [0.05, 0.1) is 17.7 Å². The van der Waals surface area contributed by atoms with Gasteiger partial charge >= 0.3 is 11.9 Å². The number of carbonyl (C=O) groups excluding carboxylic acids is 2. The van der Waals surface area contributed by atoms with E-state index in [1.54, 1.807) is 30.3 Å². The van der Waals surface area contributed by atoms with E-state index in [0.29, 0.717) is 26.9 Å². The zero-order valence-corrected chi connectivity index (χ0v) is 15.8. The minimum atomic E-state index is -0.612. The normalized spacial score (nSPS) is 14.7. The van der Waals surface area contributed by atoms with Crippen molar-refractivity contribution >= 4 is 47.1 Å². The quantitative estimate of drug-likeness (QED) is 0.431. The van der Waals surface area contributed by atoms with Gasteiger partial charge in [-0.15, -0.1) is 0 Å². The van der Waals surface area contributed by atoms with Gasteiger partial charge in [0.1, 0.15) is 0 Å². The summed E-state index contributed by atoms with van der Waals surface area (Å²) in [6.45, 7) is 1.29. The maximum absolute atomic E-state index is 12.1. The Bertz CT molecular complexity index is 998. The molecule has 1 heterocycles. The fourth-order valence-corrected chi connectivity index (χ4v) is 2.85. The molecule has 8 heteroatoms. The van der Waals surface area contributed by atoms with Crippen molar-refractivity contribution in [2.75, 3.05) is 7.11 Å². The second kappa shape index (κ2) is 7.82. The van der Waals surface area contributed by atoms with Gasteiger partial charge in [-0.25, -0.2) is 9.79 Å². The number of cyclic esters (lactones) is 1. The molecule has 0 aromatic heterocycles. The number of rotatable bonds is 4. The summed E-state index contributed by atoms with van der Waals surface area (Å²) >= 11 is 12.0. The summed E-state index contributed by atoms with van der Waals surface area (Å²) in [6.07, 6.45) is 1.53. The summed E-state index contributed by atoms with van der Waals surface area (Å²) in [6, 6.07) is 9.62. The molecule has 3 rings (SSSR count). The van der Waals surface area contributed by atoms with Gasteiger partial charge < -0.3 is 14.2 Å². The summed E-state index contributed by atoms with van der Waals surface area (Å²) in [4.78, 5) is 27.5. The number of aliphatic imine (C=N–C) groups is 1. The summed E-state index contributed by atoms with van der Waals surface area (Å²) in [7, 11) is 1.45. The first-order chi connectivity index (χ1) is 12.9. The second-order valence-electron chi connectivity index (χ2n) is 5.46. The van der Waals surface area contributed by atoms with Gasteiger partial charge in [0.2, 0.25) is 5.90 Å². The SMILES string of the molecule is COc1cc(/C=C2\N=C(c3ccc(Cl)cc3Cl)OC2=O)ccc1OC(C)=O. The smallest absolute Gasteiger partial charge is 0.363 e. The van der Waals surface area contributed by atoms with E-state index >= 15 is 0 Å². The molecule has 0 unspecified atom stereocenters. The van der Waals surface area contributed by atoms with Crippen LogP contribution in [0, 0.1) is 0 Å². The Labute approximate surface area is 165 Å². The van der Waals surface area contributed by atoms with Crippen molar-refractivity contribution in [3.05, 3.63) is 63.3 Å². The third-order valence-electron chi connectivity index (χ3n) is 3.53. The lowest BCUT2D eigenvalue weighted by atomic mass is 10.1. The van der Waals surface area contributed by atoms with E-state index in [2.05, 4.69) is 4.99 Å². The average molecular weight is 406 g/mol. The Morgan fingerprint density at radius 1 is 1.15 bits per heavy atom. The van der Waals surface area contributed by atoms with Crippen LogP contribution in [-0.2, 0) is 14.3 Å². The predicted octanol–water partition coefficient (Wildman–Crippen LogP) is 4.27. The minimum Gasteiger partial charge on any atom is -0.493 e. The molecule has 0 saturated heterocycles. The Morgan fingerprint density at radius 2 is 1.93 bits per heavy atom. The van der Waals surface area contributed by atoms with Gasteiger partial charge in [-0.3, -0.25) is 4.79 Å². The Morgan fingerprint density at radius 3 is 2.59 bits per heavy atom. The molecule has 2 aromatic carbocycles. The third-order valence-corrected chi connectivity index (χ3v) is 4.07. The van der Waals surface area contributed by atoms with E-state index in [9.17, 15) is 9.59 Å². The van der Waals surface area contributed by atoms with E-state index in [-0.39, 0.29) is 17.3 Å². The predicted molar refractivity (Wildman–Crippen MR) is 101 cm³/mol. The molecule has 0 spiro atoms. The molecule has 0 N–H and O–H groups in total. The number of ether oxygens (including phenoxy) is 3. The number of methoxy groups -OCH3 is 1. The Hall–Kier alpha value is -2.83. The number of esters is 2. The van der Waals surface area contributed by atoms with Crippen LogP contribution in [0.25, 0.3) is 6.08 Å². The average Bonchev–Trinajstić information content (AvgIpc) is 2.96. The number of hydrogen-bond donors (Lipinski definition) is 0. The molecular formula is C19H13Cl2NO5. The molecule has 0 amide bonds. The molecule has 138 valence electrons. The molecule has 0 radical (unpaired) electrons. The number of nitrogens with zero attached hydrogens (tertiary/aromatic N) is 1. The van der Waals surface area contributed by atoms with Gasteiger partial charge in [-0.1, -0.05) is 29.3 Å². The molecule has 1 aliphatic rings. The van der Waals surface area contributed by atoms with Crippen LogP contribution in [-0.4, -0.2) is 24.9 Å². The van der Waals surface area contributed by atoms with Crippen molar-refractivity contribution in [3.63, 3.8) is 0 Å². The van der Waals surface area contributed by atoms with Crippen LogP contribution in [0.4, 0.5) is 0 Å². The lowest BCUT2D eigenvalue weighted by molar-refractivity contribution is -0.132. The zero-order valence-electron chi connectivity index (χ0n) is 14.3. The van der Waals surface area contributed by atoms with E-state index in [1.807, 2.05) is 0 Å². The van der Waals surface area contributed by atoms with Crippen molar-refractivity contribution in [2.24, 2.45) is 4.99 Å². The molecule has 2 aromatic rings. The summed E-state index contributed by atoms with van der Waals surface area (Å²) in [5, 5.41) is 0.784. The van der Waals surface area contributed by atoms with E-state index in [0.717, 1.165) is 0 Å². The van der Waals surface area contributed by atoms with Crippen molar-refractivity contribution in [2.45, 2.75) is 6.92 Å². The molecule has 0 bridgehead atoms. The third kappa shape index (κ3) is 4.30. The van der Waals surface area contributed by atoms with Crippen LogP contribution >= 0.6 is 23.2 Å². The highest BCUT2D eigenvalue weighted by molar-refractivity contribution is 6.37. The monoisotopic (exact) mass is 405 g/mol. The van der Waals surface area contributed by atoms with E-state index in [4.69, 9.17) is 37.4 Å². The molecule has 0 atom stereocenters. The zero-order chi connectivity index (χ0) is 19.6. The lowest BCUT2D eigenvalue weighted by Crippen LogP contribution is -2.06. The van der Waals surface area contributed by atoms with Crippen LogP contribution in [0.1, 0.15) is 18.1 Å². The molecule has 27 heavy (non-hydrogen) atoms. The largest absolute Gasteiger partial charge is 0.493 e. The lowest BCUT2D eigenvalue weighted by Gasteiger charge is -2.08. The van der Waals surface area contributed by atoms with Gasteiger partial charge in [0.15, 0.2) is 17.2 Å². The molecule has 6 nitrogen and oxygen atoms in total. The van der Waals surface area contributed by atoms with Gasteiger partial charge in [0, 0.05) is 11.9 Å². The van der Waals surface area contributed by atoms with Crippen LogP contribution in [0.15, 0.2) is 47.1 Å². The van der Waals surface area contributed by atoms with Crippen molar-refractivity contribution < 1.29 is 23.8 Å². The van der Waals surface area contributed by atoms with Crippen molar-refractivity contribution in [1.82, 2.24) is 0 Å². The van der Waals surface area contributed by atoms with Crippen LogP contribution in [0.2, 0.25) is 10.0 Å². The molecular weight excluding hydrogens is 393 g/mol. The number of benzene rings is 2. The minimum absolute atomic E-state index is 0.0939. The van der Waals surface area contributed by atoms with Crippen LogP contribution in [0.5, 0.6) is 11.5 Å². The Kier molecular flexibility index (Phi) is 5.48. The molecule has 0 fully saturated rings. The van der Waals surface area contributed by atoms with Gasteiger partial charge in [0.25, 0.3) is 0 Å². The fourth-order valence-electron chi connectivity index (χ4n) is 2.36. The first kappa shape index (κ1) is 18.9. The van der Waals surface area contributed by atoms with Crippen molar-refractivity contribution in [1.29, 1.82) is 0 Å². The molecule has 0 aliphatic carbocycles. The summed E-state index contributed by atoms with van der Waals surface area (Å²) in [5.74, 6) is -0.363. The van der Waals surface area contributed by atoms with Gasteiger partial charge in [-0.2, -0.15) is 0 Å². The second-order valence-corrected chi connectivity index (χ2v) is 6.31. The van der Waals surface area contributed by atoms with E-state index in [1.165, 1.54) is 26.2 Å². The first-order valence-corrected chi connectivity index (χ1v) is 8.47. The summed E-state index contributed by atoms with van der Waals surface area (Å²) in [5.41, 5.74) is 1.17. The highest BCUT2D eigenvalue weighted by Gasteiger charge is 2.25. The van der Waals surface area contributed by atoms with Crippen molar-refractivity contribution in [3.8, 4) is 11.5 Å². The first-order valence-electron chi connectivity index (χ1n) is 7.72.